The molecule has 4 rings (SSSR count). The lowest BCUT2D eigenvalue weighted by molar-refractivity contribution is -0.124. The minimum atomic E-state index is 0.0367. The number of benzene rings is 2. The molecule has 0 radical (unpaired) electrons. The Hall–Kier alpha value is -1.80. The van der Waals surface area contributed by atoms with Crippen molar-refractivity contribution < 1.29 is 9.90 Å². The van der Waals surface area contributed by atoms with Gasteiger partial charge < -0.3 is 5.11 Å². The summed E-state index contributed by atoms with van der Waals surface area (Å²) in [6.45, 7) is 0. The molecule has 28 heavy (non-hydrogen) atoms. The van der Waals surface area contributed by atoms with Crippen LogP contribution in [-0.2, 0) is 4.79 Å². The molecule has 4 nitrogen and oxygen atoms in total. The van der Waals surface area contributed by atoms with E-state index in [0.29, 0.717) is 4.91 Å². The third-order valence-corrected chi connectivity index (χ3v) is 6.87. The van der Waals surface area contributed by atoms with Gasteiger partial charge in [-0.15, -0.1) is 0 Å². The van der Waals surface area contributed by atoms with Crippen LogP contribution in [0.25, 0.3) is 6.08 Å². The van der Waals surface area contributed by atoms with Crippen LogP contribution in [0.15, 0.2) is 58.4 Å². The number of carbonyl (C=O) groups excluding carboxylic acids is 1. The highest BCUT2D eigenvalue weighted by Gasteiger charge is 2.38. The van der Waals surface area contributed by atoms with Crippen molar-refractivity contribution >= 4 is 57.2 Å². The second-order valence-electron chi connectivity index (χ2n) is 7.02. The van der Waals surface area contributed by atoms with Crippen molar-refractivity contribution in [1.29, 1.82) is 0 Å². The molecule has 0 spiro atoms. The van der Waals surface area contributed by atoms with Crippen molar-refractivity contribution in [3.63, 3.8) is 0 Å². The van der Waals surface area contributed by atoms with Gasteiger partial charge in [0.15, 0.2) is 5.17 Å². The van der Waals surface area contributed by atoms with Crippen molar-refractivity contribution in [3.8, 4) is 5.75 Å². The summed E-state index contributed by atoms with van der Waals surface area (Å²) < 4.78 is 0.768. The van der Waals surface area contributed by atoms with Gasteiger partial charge in [-0.25, -0.2) is 4.99 Å². The van der Waals surface area contributed by atoms with Crippen LogP contribution in [0.3, 0.4) is 0 Å². The van der Waals surface area contributed by atoms with Gasteiger partial charge in [0, 0.05) is 6.04 Å². The van der Waals surface area contributed by atoms with E-state index in [-0.39, 0.29) is 17.7 Å². The normalized spacial score (nSPS) is 21.0. The van der Waals surface area contributed by atoms with Crippen molar-refractivity contribution in [2.45, 2.75) is 38.1 Å². The van der Waals surface area contributed by atoms with Gasteiger partial charge >= 0.3 is 0 Å². The fourth-order valence-electron chi connectivity index (χ4n) is 3.60. The van der Waals surface area contributed by atoms with Gasteiger partial charge in [-0.2, -0.15) is 0 Å². The number of amides is 1. The predicted octanol–water partition coefficient (Wildman–Crippen LogP) is 5.93. The second-order valence-corrected chi connectivity index (χ2v) is 9.19. The number of aromatic hydroxyl groups is 1. The Bertz CT molecular complexity index is 937. The van der Waals surface area contributed by atoms with Gasteiger partial charge in [0.2, 0.25) is 0 Å². The van der Waals surface area contributed by atoms with Gasteiger partial charge in [-0.1, -0.05) is 43.5 Å². The van der Waals surface area contributed by atoms with Crippen LogP contribution in [-0.4, -0.2) is 27.1 Å². The summed E-state index contributed by atoms with van der Waals surface area (Å²) in [5.41, 5.74) is 1.77. The van der Waals surface area contributed by atoms with Crippen LogP contribution in [0.1, 0.15) is 37.7 Å². The monoisotopic (exact) mass is 504 g/mol. The van der Waals surface area contributed by atoms with E-state index in [1.165, 1.54) is 18.2 Å². The lowest BCUT2D eigenvalue weighted by atomic mass is 9.94. The molecule has 1 aliphatic carbocycles. The number of phenolic OH excluding ortho intramolecular Hbond substituents is 1. The number of hydrogen-bond donors (Lipinski definition) is 1. The lowest BCUT2D eigenvalue weighted by Crippen LogP contribution is -2.40. The average Bonchev–Trinajstić information content (AvgIpc) is 3.01. The number of thioether (sulfide) groups is 1. The van der Waals surface area contributed by atoms with Gasteiger partial charge in [0.1, 0.15) is 5.75 Å². The molecule has 0 unspecified atom stereocenters. The van der Waals surface area contributed by atoms with Crippen LogP contribution < -0.4 is 0 Å². The lowest BCUT2D eigenvalue weighted by Gasteiger charge is -2.30. The third kappa shape index (κ3) is 4.27. The first-order chi connectivity index (χ1) is 13.6. The smallest absolute Gasteiger partial charge is 0.267 e. The molecule has 144 valence electrons. The van der Waals surface area contributed by atoms with Crippen molar-refractivity contribution in [2.75, 3.05) is 0 Å². The highest BCUT2D eigenvalue weighted by atomic mass is 127. The summed E-state index contributed by atoms with van der Waals surface area (Å²) in [4.78, 5) is 20.7. The standard InChI is InChI=1S/C22H21IN2O2S/c23-18-13-15(11-12-19(18)26)14-20-21(27)25(17-9-5-2-6-10-17)22(28-20)24-16-7-3-1-4-8-16/h1,3-4,7-8,11-14,17,26H,2,5-6,9-10H2/b20-14-,24-22?. The zero-order valence-corrected chi connectivity index (χ0v) is 18.3. The molecule has 0 bridgehead atoms. The number of hydrogen-bond acceptors (Lipinski definition) is 4. The number of halogens is 1. The first-order valence-electron chi connectivity index (χ1n) is 9.47. The summed E-state index contributed by atoms with van der Waals surface area (Å²) in [7, 11) is 0. The van der Waals surface area contributed by atoms with Crippen molar-refractivity contribution in [3.05, 3.63) is 62.6 Å². The van der Waals surface area contributed by atoms with E-state index in [1.807, 2.05) is 53.4 Å². The molecule has 1 aliphatic heterocycles. The predicted molar refractivity (Wildman–Crippen MR) is 124 cm³/mol. The number of nitrogens with zero attached hydrogens (tertiary/aromatic N) is 2. The number of phenols is 1. The Kier molecular flexibility index (Phi) is 6.06. The first-order valence-corrected chi connectivity index (χ1v) is 11.4. The Labute approximate surface area is 182 Å². The SMILES string of the molecule is O=C1/C(=C/c2ccc(O)c(I)c2)SC(=Nc2ccccc2)N1C1CCCCC1. The topological polar surface area (TPSA) is 52.9 Å². The van der Waals surface area contributed by atoms with Crippen LogP contribution in [0.4, 0.5) is 5.69 Å². The second kappa shape index (κ2) is 8.69. The maximum Gasteiger partial charge on any atom is 0.267 e. The summed E-state index contributed by atoms with van der Waals surface area (Å²) in [5.74, 6) is 0.290. The largest absolute Gasteiger partial charge is 0.507 e. The average molecular weight is 504 g/mol. The molecule has 2 aromatic rings. The van der Waals surface area contributed by atoms with Gasteiger partial charge in [0.05, 0.1) is 14.2 Å². The fraction of sp³-hybridized carbons (Fsp3) is 0.273. The highest BCUT2D eigenvalue weighted by molar-refractivity contribution is 14.1. The molecule has 1 N–H and O–H groups in total. The molecule has 2 fully saturated rings. The van der Waals surface area contributed by atoms with E-state index in [2.05, 4.69) is 22.6 Å². The minimum Gasteiger partial charge on any atom is -0.507 e. The third-order valence-electron chi connectivity index (χ3n) is 5.03. The highest BCUT2D eigenvalue weighted by Crippen LogP contribution is 2.38. The van der Waals surface area contributed by atoms with E-state index in [0.717, 1.165) is 45.7 Å². The summed E-state index contributed by atoms with van der Waals surface area (Å²) in [5, 5.41) is 10.5. The van der Waals surface area contributed by atoms with Crippen molar-refractivity contribution in [1.82, 2.24) is 4.90 Å². The number of aliphatic imine (C=N–C) groups is 1. The maximum atomic E-state index is 13.3. The van der Waals surface area contributed by atoms with Crippen LogP contribution in [0.5, 0.6) is 5.75 Å². The molecule has 2 aromatic carbocycles. The van der Waals surface area contributed by atoms with Crippen LogP contribution in [0, 0.1) is 3.57 Å². The molecular formula is C22H21IN2O2S. The van der Waals surface area contributed by atoms with Crippen LogP contribution in [0.2, 0.25) is 0 Å². The van der Waals surface area contributed by atoms with E-state index >= 15 is 0 Å². The Morgan fingerprint density at radius 3 is 2.57 bits per heavy atom. The number of carbonyl (C=O) groups is 1. The molecule has 0 aromatic heterocycles. The first kappa shape index (κ1) is 19.5. The van der Waals surface area contributed by atoms with E-state index < -0.39 is 0 Å². The zero-order chi connectivity index (χ0) is 19.5. The van der Waals surface area contributed by atoms with Gasteiger partial charge in [-0.3, -0.25) is 9.69 Å². The molecule has 1 amide bonds. The zero-order valence-electron chi connectivity index (χ0n) is 15.3. The molecule has 1 heterocycles. The van der Waals surface area contributed by atoms with Gasteiger partial charge in [0.25, 0.3) is 5.91 Å². The molecule has 2 aliphatic rings. The quantitative estimate of drug-likeness (QED) is 0.416. The molecule has 1 saturated heterocycles. The minimum absolute atomic E-state index is 0.0367. The van der Waals surface area contributed by atoms with E-state index in [9.17, 15) is 9.90 Å². The van der Waals surface area contributed by atoms with E-state index in [1.54, 1.807) is 6.07 Å². The molecule has 1 saturated carbocycles. The Morgan fingerprint density at radius 1 is 1.11 bits per heavy atom. The number of para-hydroxylation sites is 1. The maximum absolute atomic E-state index is 13.3. The Balaban J connectivity index is 1.69. The summed E-state index contributed by atoms with van der Waals surface area (Å²) in [6.07, 6.45) is 7.53. The summed E-state index contributed by atoms with van der Waals surface area (Å²) in [6, 6.07) is 15.4. The van der Waals surface area contributed by atoms with Gasteiger partial charge in [-0.05, 0) is 83.1 Å². The van der Waals surface area contributed by atoms with Crippen LogP contribution >= 0.6 is 34.4 Å². The summed E-state index contributed by atoms with van der Waals surface area (Å²) >= 11 is 3.54. The molecule has 0 atom stereocenters. The number of rotatable bonds is 3. The molecular weight excluding hydrogens is 483 g/mol. The fourth-order valence-corrected chi connectivity index (χ4v) is 5.20. The Morgan fingerprint density at radius 2 is 1.86 bits per heavy atom. The number of amidine groups is 1. The van der Waals surface area contributed by atoms with E-state index in [4.69, 9.17) is 4.99 Å². The molecule has 6 heteroatoms. The van der Waals surface area contributed by atoms with Crippen molar-refractivity contribution in [2.24, 2.45) is 4.99 Å².